The number of morpholine rings is 1. The second kappa shape index (κ2) is 4.20. The normalized spacial score (nSPS) is 16.9. The van der Waals surface area contributed by atoms with Crippen LogP contribution < -0.4 is 4.90 Å². The number of nitrogens with zero attached hydrogens (tertiary/aromatic N) is 2. The van der Waals surface area contributed by atoms with E-state index in [-0.39, 0.29) is 0 Å². The van der Waals surface area contributed by atoms with Crippen molar-refractivity contribution in [1.29, 1.82) is 0 Å². The summed E-state index contributed by atoms with van der Waals surface area (Å²) in [6, 6.07) is 4.01. The van der Waals surface area contributed by atoms with E-state index < -0.39 is 0 Å². The van der Waals surface area contributed by atoms with Gasteiger partial charge in [-0.15, -0.1) is 11.3 Å². The van der Waals surface area contributed by atoms with E-state index in [1.807, 2.05) is 18.3 Å². The average Bonchev–Trinajstić information content (AvgIpc) is 2.70. The molecule has 3 heterocycles. The van der Waals surface area contributed by atoms with Crippen LogP contribution in [0.5, 0.6) is 0 Å². The molecule has 84 valence electrons. The minimum absolute atomic E-state index is 0.774. The van der Waals surface area contributed by atoms with E-state index in [2.05, 4.69) is 9.88 Å². The van der Waals surface area contributed by atoms with E-state index in [0.717, 1.165) is 41.8 Å². The third kappa shape index (κ3) is 1.77. The first-order valence-corrected chi connectivity index (χ1v) is 6.41. The summed E-state index contributed by atoms with van der Waals surface area (Å²) in [5, 5.41) is 1.15. The van der Waals surface area contributed by atoms with Gasteiger partial charge in [0, 0.05) is 29.4 Å². The molecule has 0 radical (unpaired) electrons. The van der Waals surface area contributed by atoms with Crippen molar-refractivity contribution in [3.05, 3.63) is 22.7 Å². The fourth-order valence-electron chi connectivity index (χ4n) is 1.94. The van der Waals surface area contributed by atoms with Crippen molar-refractivity contribution in [3.8, 4) is 0 Å². The van der Waals surface area contributed by atoms with Crippen LogP contribution in [-0.4, -0.2) is 31.3 Å². The molecule has 3 rings (SSSR count). The van der Waals surface area contributed by atoms with Crippen LogP contribution in [0.2, 0.25) is 4.34 Å². The van der Waals surface area contributed by atoms with Crippen LogP contribution in [0.4, 0.5) is 5.82 Å². The third-order valence-electron chi connectivity index (χ3n) is 2.70. The van der Waals surface area contributed by atoms with Gasteiger partial charge in [-0.05, 0) is 12.1 Å². The first-order valence-electron chi connectivity index (χ1n) is 5.21. The van der Waals surface area contributed by atoms with Crippen LogP contribution in [0.15, 0.2) is 18.3 Å². The Morgan fingerprint density at radius 1 is 1.38 bits per heavy atom. The molecular weight excluding hydrogens is 244 g/mol. The van der Waals surface area contributed by atoms with Gasteiger partial charge in [0.05, 0.1) is 17.6 Å². The number of anilines is 1. The number of aromatic nitrogens is 1. The lowest BCUT2D eigenvalue weighted by atomic mass is 10.3. The molecule has 2 aromatic rings. The maximum absolute atomic E-state index is 6.04. The lowest BCUT2D eigenvalue weighted by Gasteiger charge is -2.28. The highest BCUT2D eigenvalue weighted by atomic mass is 35.5. The van der Waals surface area contributed by atoms with Crippen LogP contribution in [-0.2, 0) is 4.74 Å². The Labute approximate surface area is 103 Å². The van der Waals surface area contributed by atoms with E-state index >= 15 is 0 Å². The molecule has 0 unspecified atom stereocenters. The highest BCUT2D eigenvalue weighted by molar-refractivity contribution is 7.22. The van der Waals surface area contributed by atoms with Gasteiger partial charge in [-0.25, -0.2) is 4.98 Å². The number of hydrogen-bond donors (Lipinski definition) is 0. The lowest BCUT2D eigenvalue weighted by molar-refractivity contribution is 0.122. The summed E-state index contributed by atoms with van der Waals surface area (Å²) in [6.07, 6.45) is 1.85. The van der Waals surface area contributed by atoms with E-state index in [1.165, 1.54) is 4.70 Å². The van der Waals surface area contributed by atoms with Crippen LogP contribution in [0.3, 0.4) is 0 Å². The van der Waals surface area contributed by atoms with Crippen molar-refractivity contribution in [2.45, 2.75) is 0 Å². The number of rotatable bonds is 1. The van der Waals surface area contributed by atoms with Crippen LogP contribution in [0, 0.1) is 0 Å². The number of pyridine rings is 1. The highest BCUT2D eigenvalue weighted by Crippen LogP contribution is 2.34. The molecule has 3 nitrogen and oxygen atoms in total. The zero-order chi connectivity index (χ0) is 11.0. The number of thiophene rings is 1. The first-order chi connectivity index (χ1) is 7.84. The number of halogens is 1. The predicted molar refractivity (Wildman–Crippen MR) is 67.7 cm³/mol. The van der Waals surface area contributed by atoms with Gasteiger partial charge in [0.2, 0.25) is 0 Å². The van der Waals surface area contributed by atoms with Crippen molar-refractivity contribution < 1.29 is 4.74 Å². The Hall–Kier alpha value is -0.840. The Bertz CT molecular complexity index is 508. The van der Waals surface area contributed by atoms with E-state index in [1.54, 1.807) is 11.3 Å². The highest BCUT2D eigenvalue weighted by Gasteiger charge is 2.16. The molecular formula is C11H11ClN2OS. The van der Waals surface area contributed by atoms with Crippen LogP contribution >= 0.6 is 22.9 Å². The van der Waals surface area contributed by atoms with E-state index in [0.29, 0.717) is 0 Å². The summed E-state index contributed by atoms with van der Waals surface area (Å²) in [6.45, 7) is 3.35. The molecule has 0 amide bonds. The summed E-state index contributed by atoms with van der Waals surface area (Å²) >= 11 is 7.64. The van der Waals surface area contributed by atoms with Crippen LogP contribution in [0.25, 0.3) is 10.1 Å². The summed E-state index contributed by atoms with van der Waals surface area (Å²) < 4.78 is 7.36. The lowest BCUT2D eigenvalue weighted by Crippen LogP contribution is -2.36. The van der Waals surface area contributed by atoms with Gasteiger partial charge in [0.25, 0.3) is 0 Å². The zero-order valence-corrected chi connectivity index (χ0v) is 10.2. The maximum atomic E-state index is 6.04. The minimum atomic E-state index is 0.774. The molecule has 5 heteroatoms. The quantitative estimate of drug-likeness (QED) is 0.783. The number of hydrogen-bond acceptors (Lipinski definition) is 4. The van der Waals surface area contributed by atoms with Crippen LogP contribution in [0.1, 0.15) is 0 Å². The van der Waals surface area contributed by atoms with Gasteiger partial charge in [0.1, 0.15) is 5.82 Å². The molecule has 1 aliphatic rings. The molecule has 1 aliphatic heterocycles. The molecule has 0 bridgehead atoms. The standard InChI is InChI=1S/C11H11ClN2OS/c12-10-7-8-9(16-10)1-2-13-11(8)14-3-5-15-6-4-14/h1-2,7H,3-6H2. The molecule has 1 saturated heterocycles. The summed E-state index contributed by atoms with van der Waals surface area (Å²) in [5.41, 5.74) is 0. The topological polar surface area (TPSA) is 25.4 Å². The number of fused-ring (bicyclic) bond motifs is 1. The Morgan fingerprint density at radius 3 is 3.00 bits per heavy atom. The minimum Gasteiger partial charge on any atom is -0.378 e. The Balaban J connectivity index is 2.07. The fourth-order valence-corrected chi connectivity index (χ4v) is 3.08. The first kappa shape index (κ1) is 10.3. The molecule has 2 aromatic heterocycles. The van der Waals surface area contributed by atoms with Gasteiger partial charge >= 0.3 is 0 Å². The summed E-state index contributed by atoms with van der Waals surface area (Å²) in [7, 11) is 0. The predicted octanol–water partition coefficient (Wildman–Crippen LogP) is 2.79. The van der Waals surface area contributed by atoms with E-state index in [9.17, 15) is 0 Å². The molecule has 1 fully saturated rings. The van der Waals surface area contributed by atoms with Gasteiger partial charge in [-0.2, -0.15) is 0 Å². The smallest absolute Gasteiger partial charge is 0.137 e. The largest absolute Gasteiger partial charge is 0.378 e. The van der Waals surface area contributed by atoms with Gasteiger partial charge in [-0.1, -0.05) is 11.6 Å². The molecule has 0 aromatic carbocycles. The van der Waals surface area contributed by atoms with Gasteiger partial charge < -0.3 is 9.64 Å². The van der Waals surface area contributed by atoms with Gasteiger partial charge in [-0.3, -0.25) is 0 Å². The second-order valence-corrected chi connectivity index (χ2v) is 5.41. The third-order valence-corrected chi connectivity index (χ3v) is 3.93. The molecule has 0 atom stereocenters. The maximum Gasteiger partial charge on any atom is 0.137 e. The van der Waals surface area contributed by atoms with E-state index in [4.69, 9.17) is 16.3 Å². The summed E-state index contributed by atoms with van der Waals surface area (Å²) in [4.78, 5) is 6.72. The average molecular weight is 255 g/mol. The van der Waals surface area contributed by atoms with Crippen molar-refractivity contribution in [3.63, 3.8) is 0 Å². The SMILES string of the molecule is Clc1cc2c(N3CCOCC3)nccc2s1. The Kier molecular flexibility index (Phi) is 2.71. The molecule has 0 spiro atoms. The molecule has 16 heavy (non-hydrogen) atoms. The summed E-state index contributed by atoms with van der Waals surface area (Å²) in [5.74, 6) is 1.03. The Morgan fingerprint density at radius 2 is 2.19 bits per heavy atom. The monoisotopic (exact) mass is 254 g/mol. The fraction of sp³-hybridized carbons (Fsp3) is 0.364. The van der Waals surface area contributed by atoms with Crippen molar-refractivity contribution >= 4 is 38.8 Å². The molecule has 0 aliphatic carbocycles. The zero-order valence-electron chi connectivity index (χ0n) is 8.65. The van der Waals surface area contributed by atoms with Crippen molar-refractivity contribution in [1.82, 2.24) is 4.98 Å². The molecule has 0 N–H and O–H groups in total. The van der Waals surface area contributed by atoms with Crippen molar-refractivity contribution in [2.75, 3.05) is 31.2 Å². The van der Waals surface area contributed by atoms with Crippen molar-refractivity contribution in [2.24, 2.45) is 0 Å². The number of ether oxygens (including phenoxy) is 1. The molecule has 0 saturated carbocycles. The van der Waals surface area contributed by atoms with Gasteiger partial charge in [0.15, 0.2) is 0 Å². The second-order valence-electron chi connectivity index (χ2n) is 3.70.